The molecular weight excluding hydrogens is 116 g/mol. The van der Waals surface area contributed by atoms with E-state index < -0.39 is 0 Å². The Hall–Kier alpha value is -0.830. The fourth-order valence-electron chi connectivity index (χ4n) is 0.587. The minimum atomic E-state index is 0.721. The lowest BCUT2D eigenvalue weighted by molar-refractivity contribution is 0.201. The Kier molecular flexibility index (Phi) is 2.27. The summed E-state index contributed by atoms with van der Waals surface area (Å²) in [6.07, 6.45) is 5.28. The second-order valence-electron chi connectivity index (χ2n) is 1.75. The Bertz CT molecular complexity index is 148. The predicted molar refractivity (Wildman–Crippen MR) is 33.0 cm³/mol. The van der Waals surface area contributed by atoms with Crippen LogP contribution in [-0.4, -0.2) is 23.7 Å². The molecule has 0 spiro atoms. The Morgan fingerprint density at radius 1 is 1.89 bits per heavy atom. The summed E-state index contributed by atoms with van der Waals surface area (Å²) in [7, 11) is 1.68. The summed E-state index contributed by atoms with van der Waals surface area (Å²) in [6.45, 7) is 0.721. The molecule has 0 aliphatic carbocycles. The van der Waals surface area contributed by atoms with Crippen molar-refractivity contribution in [1.29, 1.82) is 0 Å². The maximum atomic E-state index is 4.85. The molecule has 1 aromatic rings. The van der Waals surface area contributed by atoms with E-state index in [1.807, 2.05) is 6.20 Å². The van der Waals surface area contributed by atoms with Crippen molar-refractivity contribution in [3.8, 4) is 0 Å². The van der Waals surface area contributed by atoms with Crippen molar-refractivity contribution in [3.63, 3.8) is 0 Å². The van der Waals surface area contributed by atoms with Gasteiger partial charge in [0.1, 0.15) is 0 Å². The van der Waals surface area contributed by atoms with Crippen molar-refractivity contribution in [3.05, 3.63) is 18.2 Å². The van der Waals surface area contributed by atoms with E-state index >= 15 is 0 Å². The molecule has 0 bridgehead atoms. The number of hydrogen-bond donors (Lipinski definition) is 1. The molecule has 3 nitrogen and oxygen atoms in total. The minimum absolute atomic E-state index is 0.721. The Balaban J connectivity index is 2.30. The standard InChI is InChI=1S/C6H9N2O/c1-9-3-2-6-4-7-5-8-6/h4H,2-3H2,1H3,(H,7,8). The van der Waals surface area contributed by atoms with Crippen molar-refractivity contribution in [2.45, 2.75) is 6.42 Å². The Morgan fingerprint density at radius 2 is 2.78 bits per heavy atom. The van der Waals surface area contributed by atoms with Gasteiger partial charge in [-0.1, -0.05) is 0 Å². The van der Waals surface area contributed by atoms with Crippen molar-refractivity contribution in [2.24, 2.45) is 0 Å². The highest BCUT2D eigenvalue weighted by atomic mass is 16.5. The second-order valence-corrected chi connectivity index (χ2v) is 1.75. The van der Waals surface area contributed by atoms with Crippen molar-refractivity contribution in [1.82, 2.24) is 9.97 Å². The molecule has 0 unspecified atom stereocenters. The summed E-state index contributed by atoms with van der Waals surface area (Å²) >= 11 is 0. The quantitative estimate of drug-likeness (QED) is 0.635. The minimum Gasteiger partial charge on any atom is -0.384 e. The molecule has 1 radical (unpaired) electrons. The maximum absolute atomic E-state index is 4.85. The molecule has 0 fully saturated rings. The zero-order chi connectivity index (χ0) is 6.53. The van der Waals surface area contributed by atoms with E-state index in [0.29, 0.717) is 0 Å². The van der Waals surface area contributed by atoms with Crippen LogP contribution in [-0.2, 0) is 11.2 Å². The molecule has 0 saturated heterocycles. The van der Waals surface area contributed by atoms with Gasteiger partial charge in [-0.15, -0.1) is 0 Å². The van der Waals surface area contributed by atoms with Gasteiger partial charge in [-0.2, -0.15) is 0 Å². The van der Waals surface area contributed by atoms with Crippen LogP contribution in [0.25, 0.3) is 0 Å². The monoisotopic (exact) mass is 125 g/mol. The number of H-pyrrole nitrogens is 1. The first-order chi connectivity index (χ1) is 4.43. The van der Waals surface area contributed by atoms with Crippen LogP contribution in [0.1, 0.15) is 5.69 Å². The Morgan fingerprint density at radius 3 is 3.33 bits per heavy atom. The number of aromatic nitrogens is 2. The number of aromatic amines is 1. The van der Waals surface area contributed by atoms with Gasteiger partial charge in [0.25, 0.3) is 0 Å². The predicted octanol–water partition coefficient (Wildman–Crippen LogP) is 0.399. The van der Waals surface area contributed by atoms with Crippen LogP contribution < -0.4 is 0 Å². The molecular formula is C6H9N2O. The third kappa shape index (κ3) is 1.85. The van der Waals surface area contributed by atoms with Crippen molar-refractivity contribution < 1.29 is 4.74 Å². The van der Waals surface area contributed by atoms with Crippen LogP contribution in [0.4, 0.5) is 0 Å². The topological polar surface area (TPSA) is 37.9 Å². The third-order valence-electron chi connectivity index (χ3n) is 1.07. The molecule has 3 heteroatoms. The normalized spacial score (nSPS) is 9.89. The lowest BCUT2D eigenvalue weighted by atomic mass is 10.4. The first kappa shape index (κ1) is 6.29. The van der Waals surface area contributed by atoms with Crippen LogP contribution in [0.5, 0.6) is 0 Å². The van der Waals surface area contributed by atoms with Gasteiger partial charge in [-0.3, -0.25) is 0 Å². The van der Waals surface area contributed by atoms with E-state index in [1.54, 1.807) is 7.11 Å². The summed E-state index contributed by atoms with van der Waals surface area (Å²) in [5, 5.41) is 0. The van der Waals surface area contributed by atoms with Gasteiger partial charge in [0.05, 0.1) is 12.3 Å². The van der Waals surface area contributed by atoms with E-state index in [4.69, 9.17) is 4.74 Å². The highest BCUT2D eigenvalue weighted by Crippen LogP contribution is 1.90. The summed E-state index contributed by atoms with van der Waals surface area (Å²) < 4.78 is 4.85. The van der Waals surface area contributed by atoms with E-state index in [9.17, 15) is 0 Å². The van der Waals surface area contributed by atoms with E-state index in [-0.39, 0.29) is 0 Å². The first-order valence-corrected chi connectivity index (χ1v) is 2.83. The number of methoxy groups -OCH3 is 1. The average molecular weight is 125 g/mol. The molecule has 1 rings (SSSR count). The first-order valence-electron chi connectivity index (χ1n) is 2.83. The van der Waals surface area contributed by atoms with Crippen LogP contribution in [0.15, 0.2) is 6.20 Å². The van der Waals surface area contributed by atoms with Gasteiger partial charge in [0.2, 0.25) is 0 Å². The molecule has 0 saturated carbocycles. The van der Waals surface area contributed by atoms with E-state index in [1.165, 1.54) is 0 Å². The highest BCUT2D eigenvalue weighted by Gasteiger charge is 1.91. The van der Waals surface area contributed by atoms with Crippen LogP contribution in [0.3, 0.4) is 0 Å². The zero-order valence-corrected chi connectivity index (χ0v) is 5.35. The van der Waals surface area contributed by atoms with Gasteiger partial charge < -0.3 is 9.72 Å². The van der Waals surface area contributed by atoms with Gasteiger partial charge in [-0.25, -0.2) is 4.98 Å². The molecule has 1 N–H and O–H groups in total. The number of imidazole rings is 1. The highest BCUT2D eigenvalue weighted by molar-refractivity contribution is 4.92. The number of hydrogen-bond acceptors (Lipinski definition) is 2. The largest absolute Gasteiger partial charge is 0.384 e. The van der Waals surface area contributed by atoms with E-state index in [2.05, 4.69) is 16.3 Å². The molecule has 0 aliphatic rings. The molecule has 1 aromatic heterocycles. The molecule has 0 aliphatic heterocycles. The van der Waals surface area contributed by atoms with Gasteiger partial charge >= 0.3 is 0 Å². The summed E-state index contributed by atoms with van der Waals surface area (Å²) in [6, 6.07) is 0. The number of ether oxygens (including phenoxy) is 1. The van der Waals surface area contributed by atoms with E-state index in [0.717, 1.165) is 18.7 Å². The maximum Gasteiger partial charge on any atom is 0.173 e. The second kappa shape index (κ2) is 3.25. The lowest BCUT2D eigenvalue weighted by Crippen LogP contribution is -1.93. The van der Waals surface area contributed by atoms with Crippen molar-refractivity contribution >= 4 is 0 Å². The SMILES string of the molecule is COCCc1c[nH][c]n1. The third-order valence-corrected chi connectivity index (χ3v) is 1.07. The molecule has 9 heavy (non-hydrogen) atoms. The van der Waals surface area contributed by atoms with Gasteiger partial charge in [-0.05, 0) is 0 Å². The Labute approximate surface area is 54.1 Å². The van der Waals surface area contributed by atoms with Crippen LogP contribution in [0, 0.1) is 6.33 Å². The molecule has 0 atom stereocenters. The lowest BCUT2D eigenvalue weighted by Gasteiger charge is -1.91. The fourth-order valence-corrected chi connectivity index (χ4v) is 0.587. The van der Waals surface area contributed by atoms with Crippen LogP contribution in [0.2, 0.25) is 0 Å². The fraction of sp³-hybridized carbons (Fsp3) is 0.500. The van der Waals surface area contributed by atoms with Gasteiger partial charge in [0, 0.05) is 19.7 Å². The molecule has 1 heterocycles. The molecule has 0 amide bonds. The van der Waals surface area contributed by atoms with Gasteiger partial charge in [0.15, 0.2) is 6.33 Å². The molecule has 49 valence electrons. The van der Waals surface area contributed by atoms with Crippen LogP contribution >= 0.6 is 0 Å². The van der Waals surface area contributed by atoms with Crippen molar-refractivity contribution in [2.75, 3.05) is 13.7 Å². The average Bonchev–Trinajstić information content (AvgIpc) is 2.34. The summed E-state index contributed by atoms with van der Waals surface area (Å²) in [4.78, 5) is 6.64. The smallest absolute Gasteiger partial charge is 0.173 e. The summed E-state index contributed by atoms with van der Waals surface area (Å²) in [5.41, 5.74) is 0.997. The zero-order valence-electron chi connectivity index (χ0n) is 5.35. The number of nitrogens with zero attached hydrogens (tertiary/aromatic N) is 1. The number of nitrogens with one attached hydrogen (secondary N) is 1. The molecule has 0 aromatic carbocycles. The number of rotatable bonds is 3. The summed E-state index contributed by atoms with van der Waals surface area (Å²) in [5.74, 6) is 0.